The predicted molar refractivity (Wildman–Crippen MR) is 56.9 cm³/mol. The zero-order valence-electron chi connectivity index (χ0n) is 8.79. The van der Waals surface area contributed by atoms with E-state index in [1.54, 1.807) is 0 Å². The highest BCUT2D eigenvalue weighted by molar-refractivity contribution is 5.97. The Morgan fingerprint density at radius 2 is 1.94 bits per heavy atom. The molecule has 0 aliphatic rings. The van der Waals surface area contributed by atoms with Gasteiger partial charge in [0.15, 0.2) is 0 Å². The Morgan fingerprint density at radius 3 is 2.41 bits per heavy atom. The Kier molecular flexibility index (Phi) is 4.15. The van der Waals surface area contributed by atoms with Gasteiger partial charge in [0, 0.05) is 18.0 Å². The van der Waals surface area contributed by atoms with Crippen molar-refractivity contribution in [3.8, 4) is 0 Å². The van der Waals surface area contributed by atoms with E-state index < -0.39 is 30.2 Å². The number of hydrogen-bond acceptors (Lipinski definition) is 4. The molecule has 1 heterocycles. The first kappa shape index (κ1) is 12.6. The highest BCUT2D eigenvalue weighted by atomic mass is 16.4. The van der Waals surface area contributed by atoms with Gasteiger partial charge in [-0.25, -0.2) is 4.79 Å². The van der Waals surface area contributed by atoms with Gasteiger partial charge in [0.05, 0.1) is 6.42 Å². The summed E-state index contributed by atoms with van der Waals surface area (Å²) in [7, 11) is 0. The molecule has 0 unspecified atom stereocenters. The van der Waals surface area contributed by atoms with Crippen molar-refractivity contribution in [2.45, 2.75) is 12.5 Å². The van der Waals surface area contributed by atoms with Crippen LogP contribution in [0, 0.1) is 0 Å². The molecule has 90 valence electrons. The summed E-state index contributed by atoms with van der Waals surface area (Å²) in [6.45, 7) is 0. The molecule has 17 heavy (non-hydrogen) atoms. The number of nitrogens with two attached hydrogens (primary N) is 1. The van der Waals surface area contributed by atoms with E-state index in [1.807, 2.05) is 0 Å². The van der Waals surface area contributed by atoms with Crippen molar-refractivity contribution in [2.75, 3.05) is 0 Å². The molecule has 0 radical (unpaired) electrons. The third kappa shape index (κ3) is 3.90. The second-order valence-corrected chi connectivity index (χ2v) is 3.27. The van der Waals surface area contributed by atoms with Crippen molar-refractivity contribution in [1.82, 2.24) is 10.3 Å². The smallest absolute Gasteiger partial charge is 0.326 e. The van der Waals surface area contributed by atoms with E-state index in [-0.39, 0.29) is 5.56 Å². The van der Waals surface area contributed by atoms with Crippen LogP contribution in [-0.2, 0) is 9.59 Å². The second-order valence-electron chi connectivity index (χ2n) is 3.27. The van der Waals surface area contributed by atoms with E-state index in [2.05, 4.69) is 10.3 Å². The molecule has 0 bridgehead atoms. The molecule has 0 aliphatic heterocycles. The van der Waals surface area contributed by atoms with E-state index in [9.17, 15) is 14.4 Å². The van der Waals surface area contributed by atoms with Gasteiger partial charge in [-0.3, -0.25) is 14.6 Å². The summed E-state index contributed by atoms with van der Waals surface area (Å²) in [6.07, 6.45) is 2.35. The van der Waals surface area contributed by atoms with Gasteiger partial charge in [-0.1, -0.05) is 0 Å². The van der Waals surface area contributed by atoms with E-state index in [4.69, 9.17) is 10.8 Å². The van der Waals surface area contributed by atoms with Gasteiger partial charge in [-0.05, 0) is 12.1 Å². The van der Waals surface area contributed by atoms with Crippen LogP contribution in [0.25, 0.3) is 0 Å². The number of carboxylic acid groups (broad SMARTS) is 1. The van der Waals surface area contributed by atoms with Crippen molar-refractivity contribution in [3.05, 3.63) is 30.1 Å². The number of carbonyl (C=O) groups is 3. The van der Waals surface area contributed by atoms with Crippen molar-refractivity contribution >= 4 is 17.8 Å². The molecule has 0 fully saturated rings. The summed E-state index contributed by atoms with van der Waals surface area (Å²) >= 11 is 0. The number of amides is 2. The molecular weight excluding hydrogens is 226 g/mol. The van der Waals surface area contributed by atoms with E-state index >= 15 is 0 Å². The van der Waals surface area contributed by atoms with E-state index in [1.165, 1.54) is 24.5 Å². The summed E-state index contributed by atoms with van der Waals surface area (Å²) in [5.41, 5.74) is 5.14. The van der Waals surface area contributed by atoms with Crippen LogP contribution in [-0.4, -0.2) is 33.9 Å². The molecule has 0 spiro atoms. The molecule has 0 saturated heterocycles. The number of hydrogen-bond donors (Lipinski definition) is 3. The van der Waals surface area contributed by atoms with E-state index in [0.717, 1.165) is 0 Å². The van der Waals surface area contributed by atoms with Crippen molar-refractivity contribution < 1.29 is 19.5 Å². The lowest BCUT2D eigenvalue weighted by molar-refractivity contribution is -0.140. The maximum atomic E-state index is 11.6. The topological polar surface area (TPSA) is 122 Å². The number of carboxylic acids is 1. The molecule has 1 aromatic heterocycles. The number of aliphatic carboxylic acids is 1. The molecule has 1 aromatic rings. The number of primary amides is 1. The van der Waals surface area contributed by atoms with Gasteiger partial charge in [-0.2, -0.15) is 0 Å². The van der Waals surface area contributed by atoms with Gasteiger partial charge in [0.1, 0.15) is 6.04 Å². The summed E-state index contributed by atoms with van der Waals surface area (Å²) in [4.78, 5) is 36.7. The average Bonchev–Trinajstić information content (AvgIpc) is 2.28. The molecule has 0 saturated carbocycles. The number of rotatable bonds is 5. The Bertz CT molecular complexity index is 432. The summed E-state index contributed by atoms with van der Waals surface area (Å²) < 4.78 is 0. The van der Waals surface area contributed by atoms with Gasteiger partial charge in [0.2, 0.25) is 5.91 Å². The lowest BCUT2D eigenvalue weighted by atomic mass is 10.1. The predicted octanol–water partition coefficient (Wildman–Crippen LogP) is -0.860. The lowest BCUT2D eigenvalue weighted by Crippen LogP contribution is -2.43. The molecule has 1 atom stereocenters. The molecule has 7 nitrogen and oxygen atoms in total. The standard InChI is InChI=1S/C10H11N3O4/c11-8(14)5-7(10(16)17)13-9(15)6-1-3-12-4-2-6/h1-4,7H,5H2,(H2,11,14)(H,13,15)(H,16,17)/t7-/m1/s1. The van der Waals surface area contributed by atoms with Crippen molar-refractivity contribution in [1.29, 1.82) is 0 Å². The highest BCUT2D eigenvalue weighted by Crippen LogP contribution is 1.99. The number of nitrogens with zero attached hydrogens (tertiary/aromatic N) is 1. The van der Waals surface area contributed by atoms with Crippen molar-refractivity contribution in [2.24, 2.45) is 5.73 Å². The quantitative estimate of drug-likeness (QED) is 0.615. The third-order valence-electron chi connectivity index (χ3n) is 1.95. The second kappa shape index (κ2) is 5.59. The molecule has 7 heteroatoms. The normalized spacial score (nSPS) is 11.5. The third-order valence-corrected chi connectivity index (χ3v) is 1.95. The monoisotopic (exact) mass is 237 g/mol. The van der Waals surface area contributed by atoms with Crippen LogP contribution < -0.4 is 11.1 Å². The van der Waals surface area contributed by atoms with Gasteiger partial charge in [-0.15, -0.1) is 0 Å². The molecule has 0 aromatic carbocycles. The number of pyridine rings is 1. The van der Waals surface area contributed by atoms with Crippen LogP contribution in [0.5, 0.6) is 0 Å². The number of aromatic nitrogens is 1. The Hall–Kier alpha value is -2.44. The van der Waals surface area contributed by atoms with Crippen molar-refractivity contribution in [3.63, 3.8) is 0 Å². The van der Waals surface area contributed by atoms with Crippen LogP contribution in [0.3, 0.4) is 0 Å². The SMILES string of the molecule is NC(=O)C[C@@H](NC(=O)c1ccncc1)C(=O)O. The lowest BCUT2D eigenvalue weighted by Gasteiger charge is -2.12. The first-order chi connectivity index (χ1) is 8.00. The van der Waals surface area contributed by atoms with Gasteiger partial charge >= 0.3 is 5.97 Å². The fourth-order valence-corrected chi connectivity index (χ4v) is 1.15. The highest BCUT2D eigenvalue weighted by Gasteiger charge is 2.22. The first-order valence-corrected chi connectivity index (χ1v) is 4.72. The maximum absolute atomic E-state index is 11.6. The average molecular weight is 237 g/mol. The summed E-state index contributed by atoms with van der Waals surface area (Å²) in [5, 5.41) is 11.0. The van der Waals surface area contributed by atoms with Crippen LogP contribution in [0.1, 0.15) is 16.8 Å². The minimum absolute atomic E-state index is 0.260. The maximum Gasteiger partial charge on any atom is 0.326 e. The molecule has 2 amide bonds. The fourth-order valence-electron chi connectivity index (χ4n) is 1.15. The van der Waals surface area contributed by atoms with Crippen LogP contribution in [0.2, 0.25) is 0 Å². The minimum Gasteiger partial charge on any atom is -0.480 e. The number of nitrogens with one attached hydrogen (secondary N) is 1. The minimum atomic E-state index is -1.33. The molecule has 4 N–H and O–H groups in total. The van der Waals surface area contributed by atoms with Crippen LogP contribution >= 0.6 is 0 Å². The largest absolute Gasteiger partial charge is 0.480 e. The van der Waals surface area contributed by atoms with Crippen LogP contribution in [0.4, 0.5) is 0 Å². The molecule has 0 aliphatic carbocycles. The van der Waals surface area contributed by atoms with Gasteiger partial charge < -0.3 is 16.2 Å². The fraction of sp³-hybridized carbons (Fsp3) is 0.200. The summed E-state index contributed by atoms with van der Waals surface area (Å²) in [6, 6.07) is 1.53. The molecular formula is C10H11N3O4. The first-order valence-electron chi connectivity index (χ1n) is 4.72. The Balaban J connectivity index is 2.71. The Labute approximate surface area is 96.6 Å². The zero-order valence-corrected chi connectivity index (χ0v) is 8.79. The summed E-state index contributed by atoms with van der Waals surface area (Å²) in [5.74, 6) is -2.71. The Morgan fingerprint density at radius 1 is 1.35 bits per heavy atom. The number of carbonyl (C=O) groups excluding carboxylic acids is 2. The van der Waals surface area contributed by atoms with Gasteiger partial charge in [0.25, 0.3) is 5.91 Å². The van der Waals surface area contributed by atoms with E-state index in [0.29, 0.717) is 0 Å². The molecule has 1 rings (SSSR count). The zero-order chi connectivity index (χ0) is 12.8. The van der Waals surface area contributed by atoms with Crippen LogP contribution in [0.15, 0.2) is 24.5 Å².